The van der Waals surface area contributed by atoms with E-state index in [2.05, 4.69) is 5.32 Å². The molecule has 1 heterocycles. The minimum absolute atomic E-state index is 0.0303. The third kappa shape index (κ3) is 2.83. The predicted octanol–water partition coefficient (Wildman–Crippen LogP) is 2.03. The number of amides is 2. The minimum atomic E-state index is -0.808. The van der Waals surface area contributed by atoms with Crippen LogP contribution in [0.25, 0.3) is 0 Å². The van der Waals surface area contributed by atoms with Gasteiger partial charge in [-0.1, -0.05) is 42.5 Å². The van der Waals surface area contributed by atoms with Crippen molar-refractivity contribution in [2.24, 2.45) is 0 Å². The van der Waals surface area contributed by atoms with Crippen molar-refractivity contribution in [2.45, 2.75) is 12.6 Å². The third-order valence-corrected chi connectivity index (χ3v) is 3.65. The summed E-state index contributed by atoms with van der Waals surface area (Å²) < 4.78 is 13.5. The van der Waals surface area contributed by atoms with Gasteiger partial charge in [-0.3, -0.25) is 9.59 Å². The highest BCUT2D eigenvalue weighted by Crippen LogP contribution is 2.26. The van der Waals surface area contributed by atoms with E-state index in [0.717, 1.165) is 5.56 Å². The first-order valence-electron chi connectivity index (χ1n) is 7.02. The van der Waals surface area contributed by atoms with Crippen molar-refractivity contribution in [1.82, 2.24) is 10.2 Å². The van der Waals surface area contributed by atoms with Gasteiger partial charge in [-0.25, -0.2) is 4.39 Å². The molecule has 0 spiro atoms. The van der Waals surface area contributed by atoms with Gasteiger partial charge in [0.15, 0.2) is 0 Å². The second-order valence-corrected chi connectivity index (χ2v) is 5.18. The van der Waals surface area contributed by atoms with Gasteiger partial charge in [-0.05, 0) is 23.3 Å². The zero-order chi connectivity index (χ0) is 15.5. The Bertz CT molecular complexity index is 703. The van der Waals surface area contributed by atoms with Gasteiger partial charge in [0.25, 0.3) is 0 Å². The molecular weight excluding hydrogens is 283 g/mol. The van der Waals surface area contributed by atoms with Crippen molar-refractivity contribution in [3.05, 3.63) is 71.5 Å². The lowest BCUT2D eigenvalue weighted by Crippen LogP contribution is -2.53. The Hall–Kier alpha value is -2.69. The number of benzene rings is 2. The van der Waals surface area contributed by atoms with Crippen LogP contribution in [0.4, 0.5) is 4.39 Å². The maximum absolute atomic E-state index is 13.5. The van der Waals surface area contributed by atoms with Crippen LogP contribution in [0, 0.1) is 5.82 Å². The molecule has 0 aliphatic carbocycles. The summed E-state index contributed by atoms with van der Waals surface area (Å²) in [5.74, 6) is -0.901. The second-order valence-electron chi connectivity index (χ2n) is 5.18. The molecule has 22 heavy (non-hydrogen) atoms. The summed E-state index contributed by atoms with van der Waals surface area (Å²) in [4.78, 5) is 25.9. The van der Waals surface area contributed by atoms with Gasteiger partial charge >= 0.3 is 0 Å². The largest absolute Gasteiger partial charge is 0.345 e. The lowest BCUT2D eigenvalue weighted by Gasteiger charge is -2.35. The average Bonchev–Trinajstić information content (AvgIpc) is 2.52. The molecule has 0 aromatic heterocycles. The monoisotopic (exact) mass is 298 g/mol. The zero-order valence-corrected chi connectivity index (χ0v) is 11.8. The summed E-state index contributed by atoms with van der Waals surface area (Å²) in [5.41, 5.74) is 1.40. The highest BCUT2D eigenvalue weighted by molar-refractivity contribution is 5.95. The van der Waals surface area contributed by atoms with Crippen LogP contribution in [0.5, 0.6) is 0 Å². The van der Waals surface area contributed by atoms with Gasteiger partial charge in [0, 0.05) is 6.54 Å². The lowest BCUT2D eigenvalue weighted by atomic mass is 10.0. The summed E-state index contributed by atoms with van der Waals surface area (Å²) in [6.45, 7) is 0.283. The van der Waals surface area contributed by atoms with Crippen LogP contribution in [0.2, 0.25) is 0 Å². The first kappa shape index (κ1) is 14.3. The molecule has 3 rings (SSSR count). The molecule has 1 unspecified atom stereocenters. The summed E-state index contributed by atoms with van der Waals surface area (Å²) in [6, 6.07) is 14.4. The van der Waals surface area contributed by atoms with Crippen molar-refractivity contribution in [3.8, 4) is 0 Å². The fourth-order valence-electron chi connectivity index (χ4n) is 2.61. The number of hydrogen-bond donors (Lipinski definition) is 1. The van der Waals surface area contributed by atoms with E-state index in [1.807, 2.05) is 30.3 Å². The molecule has 1 aliphatic heterocycles. The molecule has 4 nitrogen and oxygen atoms in total. The van der Waals surface area contributed by atoms with Crippen molar-refractivity contribution in [3.63, 3.8) is 0 Å². The Balaban J connectivity index is 1.95. The molecule has 1 N–H and O–H groups in total. The van der Waals surface area contributed by atoms with Crippen LogP contribution < -0.4 is 5.32 Å². The second kappa shape index (κ2) is 5.97. The number of carbonyl (C=O) groups excluding carboxylic acids is 2. The fourth-order valence-corrected chi connectivity index (χ4v) is 2.61. The lowest BCUT2D eigenvalue weighted by molar-refractivity contribution is -0.146. The van der Waals surface area contributed by atoms with E-state index < -0.39 is 11.9 Å². The quantitative estimate of drug-likeness (QED) is 0.942. The van der Waals surface area contributed by atoms with Crippen LogP contribution in [-0.2, 0) is 16.1 Å². The highest BCUT2D eigenvalue weighted by atomic mass is 19.1. The summed E-state index contributed by atoms with van der Waals surface area (Å²) in [5, 5.41) is 2.56. The van der Waals surface area contributed by atoms with Gasteiger partial charge in [0.05, 0.1) is 6.54 Å². The van der Waals surface area contributed by atoms with Crippen molar-refractivity contribution in [2.75, 3.05) is 6.54 Å². The number of halogens is 1. The van der Waals surface area contributed by atoms with E-state index in [9.17, 15) is 14.0 Å². The summed E-state index contributed by atoms with van der Waals surface area (Å²) >= 11 is 0. The van der Waals surface area contributed by atoms with Crippen LogP contribution in [0.3, 0.4) is 0 Å². The molecule has 1 atom stereocenters. The number of hydrogen-bond acceptors (Lipinski definition) is 2. The highest BCUT2D eigenvalue weighted by Gasteiger charge is 2.35. The molecule has 5 heteroatoms. The van der Waals surface area contributed by atoms with E-state index in [0.29, 0.717) is 12.1 Å². The number of rotatable bonds is 3. The molecule has 112 valence electrons. The van der Waals surface area contributed by atoms with Crippen molar-refractivity contribution < 1.29 is 14.0 Å². The molecule has 2 amide bonds. The fraction of sp³-hybridized carbons (Fsp3) is 0.176. The Morgan fingerprint density at radius 2 is 1.86 bits per heavy atom. The SMILES string of the molecule is O=C1NCC(=O)N(Cc2ccccc2)C1c1cccc(F)c1. The first-order valence-corrected chi connectivity index (χ1v) is 7.02. The average molecular weight is 298 g/mol. The van der Waals surface area contributed by atoms with E-state index in [-0.39, 0.29) is 18.4 Å². The Kier molecular flexibility index (Phi) is 3.87. The van der Waals surface area contributed by atoms with Crippen molar-refractivity contribution >= 4 is 11.8 Å². The van der Waals surface area contributed by atoms with E-state index >= 15 is 0 Å². The molecule has 2 aromatic carbocycles. The standard InChI is InChI=1S/C17H15FN2O2/c18-14-8-4-7-13(9-14)16-17(22)19-10-15(21)20(16)11-12-5-2-1-3-6-12/h1-9,16H,10-11H2,(H,19,22). The Morgan fingerprint density at radius 1 is 1.09 bits per heavy atom. The summed E-state index contributed by atoms with van der Waals surface area (Å²) in [6.07, 6.45) is 0. The van der Waals surface area contributed by atoms with Gasteiger partial charge < -0.3 is 10.2 Å². The number of piperazine rings is 1. The smallest absolute Gasteiger partial charge is 0.247 e. The molecule has 1 fully saturated rings. The van der Waals surface area contributed by atoms with Gasteiger partial charge in [0.2, 0.25) is 11.8 Å². The number of carbonyl (C=O) groups is 2. The van der Waals surface area contributed by atoms with E-state index in [4.69, 9.17) is 0 Å². The number of nitrogens with zero attached hydrogens (tertiary/aromatic N) is 1. The van der Waals surface area contributed by atoms with E-state index in [1.165, 1.54) is 23.1 Å². The summed E-state index contributed by atoms with van der Waals surface area (Å²) in [7, 11) is 0. The first-order chi connectivity index (χ1) is 10.6. The van der Waals surface area contributed by atoms with Gasteiger partial charge in [0.1, 0.15) is 11.9 Å². The van der Waals surface area contributed by atoms with Gasteiger partial charge in [-0.2, -0.15) is 0 Å². The van der Waals surface area contributed by atoms with Crippen LogP contribution in [-0.4, -0.2) is 23.3 Å². The maximum atomic E-state index is 13.5. The van der Waals surface area contributed by atoms with Crippen LogP contribution in [0.1, 0.15) is 17.2 Å². The molecule has 1 aliphatic rings. The molecular formula is C17H15FN2O2. The Morgan fingerprint density at radius 3 is 2.59 bits per heavy atom. The van der Waals surface area contributed by atoms with Crippen LogP contribution in [0.15, 0.2) is 54.6 Å². The minimum Gasteiger partial charge on any atom is -0.345 e. The molecule has 0 saturated carbocycles. The van der Waals surface area contributed by atoms with E-state index in [1.54, 1.807) is 6.07 Å². The third-order valence-electron chi connectivity index (χ3n) is 3.65. The topological polar surface area (TPSA) is 49.4 Å². The normalized spacial score (nSPS) is 18.2. The van der Waals surface area contributed by atoms with Gasteiger partial charge in [-0.15, -0.1) is 0 Å². The molecule has 0 radical (unpaired) electrons. The molecule has 0 bridgehead atoms. The molecule has 2 aromatic rings. The number of nitrogens with one attached hydrogen (secondary N) is 1. The van der Waals surface area contributed by atoms with Crippen molar-refractivity contribution in [1.29, 1.82) is 0 Å². The Labute approximate surface area is 127 Å². The zero-order valence-electron chi connectivity index (χ0n) is 11.8. The molecule has 1 saturated heterocycles. The predicted molar refractivity (Wildman–Crippen MR) is 79.1 cm³/mol. The maximum Gasteiger partial charge on any atom is 0.247 e. The van der Waals surface area contributed by atoms with Crippen LogP contribution >= 0.6 is 0 Å².